The molecule has 9 heavy (non-hydrogen) atoms. The number of carbonyl (C=O) groups is 1. The second-order valence-corrected chi connectivity index (χ2v) is 1.23. The molecule has 0 aliphatic rings. The highest BCUT2D eigenvalue weighted by atomic mass is 35.5. The third-order valence-electron chi connectivity index (χ3n) is 0.331. The first-order valence-corrected chi connectivity index (χ1v) is 2.29. The van der Waals surface area contributed by atoms with Crippen molar-refractivity contribution in [3.63, 3.8) is 0 Å². The van der Waals surface area contributed by atoms with E-state index in [4.69, 9.17) is 9.90 Å². The summed E-state index contributed by atoms with van der Waals surface area (Å²) in [7, 11) is 0. The van der Waals surface area contributed by atoms with Crippen LogP contribution >= 0.6 is 11.6 Å². The molecule has 0 radical (unpaired) electrons. The van der Waals surface area contributed by atoms with Gasteiger partial charge < -0.3 is 5.11 Å². The second-order valence-electron chi connectivity index (χ2n) is 0.909. The van der Waals surface area contributed by atoms with E-state index in [9.17, 15) is 0 Å². The first kappa shape index (κ1) is 7.90. The molecule has 6 heteroatoms. The number of nitrogens with zero attached hydrogens (tertiary/aromatic N) is 2. The summed E-state index contributed by atoms with van der Waals surface area (Å²) >= 11 is 4.19. The average molecular weight is 150 g/mol. The Hall–Kier alpha value is -1.10. The summed E-state index contributed by atoms with van der Waals surface area (Å²) in [4.78, 5) is 8.77. The largest absolute Gasteiger partial charge is 0.469 e. The highest BCUT2D eigenvalue weighted by molar-refractivity contribution is 6.60. The molecular weight excluding hydrogens is 146 g/mol. The molecule has 0 unspecified atom stereocenters. The number of hydrogen-bond donors (Lipinski definition) is 2. The van der Waals surface area contributed by atoms with Crippen molar-refractivity contribution in [2.24, 2.45) is 0 Å². The molecule has 1 aromatic heterocycles. The molecule has 0 aliphatic carbocycles. The molecule has 0 aliphatic heterocycles. The summed E-state index contributed by atoms with van der Waals surface area (Å²) in [5.74, 6) is 0. The maximum atomic E-state index is 8.77. The molecule has 1 aromatic rings. The Kier molecular flexibility index (Phi) is 4.43. The van der Waals surface area contributed by atoms with Crippen molar-refractivity contribution in [2.45, 2.75) is 0 Å². The Balaban J connectivity index is 0.000000148. The molecule has 0 saturated carbocycles. The van der Waals surface area contributed by atoms with Gasteiger partial charge in [0, 0.05) is 11.6 Å². The van der Waals surface area contributed by atoms with Crippen LogP contribution in [0.4, 0.5) is 4.79 Å². The Labute approximate surface area is 55.6 Å². The lowest BCUT2D eigenvalue weighted by molar-refractivity contribution is 0.220. The lowest BCUT2D eigenvalue weighted by Crippen LogP contribution is -1.66. The van der Waals surface area contributed by atoms with E-state index in [2.05, 4.69) is 27.0 Å². The second kappa shape index (κ2) is 5.04. The van der Waals surface area contributed by atoms with Gasteiger partial charge in [0.25, 0.3) is 0 Å². The molecule has 0 spiro atoms. The van der Waals surface area contributed by atoms with Crippen LogP contribution in [0.3, 0.4) is 0 Å². The number of rotatable bonds is 0. The monoisotopic (exact) mass is 149 g/mol. The van der Waals surface area contributed by atoms with Crippen molar-refractivity contribution >= 4 is 17.0 Å². The van der Waals surface area contributed by atoms with Gasteiger partial charge in [-0.2, -0.15) is 15.4 Å². The Bertz CT molecular complexity index is 131. The summed E-state index contributed by atoms with van der Waals surface area (Å²) in [5.41, 5.74) is -1.36. The van der Waals surface area contributed by atoms with E-state index in [1.807, 2.05) is 0 Å². The molecule has 1 rings (SSSR count). The molecule has 2 N–H and O–H groups in total. The van der Waals surface area contributed by atoms with E-state index >= 15 is 0 Å². The molecule has 50 valence electrons. The number of hydrogen-bond acceptors (Lipinski definition) is 3. The molecule has 0 fully saturated rings. The van der Waals surface area contributed by atoms with Crippen molar-refractivity contribution in [3.05, 3.63) is 12.4 Å². The van der Waals surface area contributed by atoms with Crippen LogP contribution in [0.1, 0.15) is 0 Å². The zero-order chi connectivity index (χ0) is 7.11. The first-order chi connectivity index (χ1) is 4.23. The Morgan fingerprint density at radius 1 is 1.56 bits per heavy atom. The topological polar surface area (TPSA) is 78.9 Å². The van der Waals surface area contributed by atoms with Gasteiger partial charge in [0.15, 0.2) is 0 Å². The summed E-state index contributed by atoms with van der Waals surface area (Å²) in [6.07, 6.45) is 3.17. The normalized spacial score (nSPS) is 7.22. The van der Waals surface area contributed by atoms with E-state index in [1.54, 1.807) is 12.4 Å². The lowest BCUT2D eigenvalue weighted by atomic mass is 11.0. The van der Waals surface area contributed by atoms with Crippen LogP contribution < -0.4 is 0 Å². The highest BCUT2D eigenvalue weighted by Gasteiger charge is 1.71. The molecule has 0 saturated heterocycles. The van der Waals surface area contributed by atoms with Gasteiger partial charge in [-0.05, 0) is 0 Å². The number of nitrogens with one attached hydrogen (secondary N) is 1. The summed E-state index contributed by atoms with van der Waals surface area (Å²) in [6.45, 7) is 0. The number of aromatic amines is 1. The minimum atomic E-state index is -1.36. The van der Waals surface area contributed by atoms with Gasteiger partial charge >= 0.3 is 5.43 Å². The Morgan fingerprint density at radius 3 is 2.00 bits per heavy atom. The molecule has 0 amide bonds. The molecule has 1 heterocycles. The van der Waals surface area contributed by atoms with Crippen LogP contribution in [0.5, 0.6) is 0 Å². The van der Waals surface area contributed by atoms with E-state index in [-0.39, 0.29) is 0 Å². The minimum Gasteiger partial charge on any atom is -0.469 e. The summed E-state index contributed by atoms with van der Waals surface area (Å²) < 4.78 is 0. The average Bonchev–Trinajstić information content (AvgIpc) is 2.11. The van der Waals surface area contributed by atoms with Crippen LogP contribution in [-0.2, 0) is 0 Å². The minimum absolute atomic E-state index is 1.36. The van der Waals surface area contributed by atoms with Gasteiger partial charge in [-0.3, -0.25) is 0 Å². The van der Waals surface area contributed by atoms with E-state index < -0.39 is 5.43 Å². The number of H-pyrrole nitrogens is 1. The zero-order valence-electron chi connectivity index (χ0n) is 4.28. The van der Waals surface area contributed by atoms with Crippen LogP contribution in [0.2, 0.25) is 0 Å². The Morgan fingerprint density at radius 2 is 1.89 bits per heavy atom. The third-order valence-corrected chi connectivity index (χ3v) is 0.331. The third kappa shape index (κ3) is 10.9. The molecule has 0 bridgehead atoms. The van der Waals surface area contributed by atoms with Crippen LogP contribution in [0.15, 0.2) is 12.4 Å². The van der Waals surface area contributed by atoms with Gasteiger partial charge in [-0.1, -0.05) is 0 Å². The quantitative estimate of drug-likeness (QED) is 0.533. The van der Waals surface area contributed by atoms with Gasteiger partial charge in [-0.15, -0.1) is 0 Å². The molecule has 0 aromatic carbocycles. The van der Waals surface area contributed by atoms with Crippen LogP contribution in [0.25, 0.3) is 0 Å². The standard InChI is InChI=1S/C2H3N3.CHClO2/c1-2-4-5-3-1;2-1(3)4/h1-2H,(H,3,4,5);(H,3,4). The predicted octanol–water partition coefficient (Wildman–Crippen LogP) is 0.708. The number of halogens is 1. The molecular formula is C3H4ClN3O2. The summed E-state index contributed by atoms with van der Waals surface area (Å²) in [6, 6.07) is 0. The van der Waals surface area contributed by atoms with Crippen molar-refractivity contribution in [1.82, 2.24) is 15.4 Å². The van der Waals surface area contributed by atoms with Crippen molar-refractivity contribution in [2.75, 3.05) is 0 Å². The van der Waals surface area contributed by atoms with Gasteiger partial charge in [0.2, 0.25) is 0 Å². The highest BCUT2D eigenvalue weighted by Crippen LogP contribution is 1.67. The predicted molar refractivity (Wildman–Crippen MR) is 30.3 cm³/mol. The SMILES string of the molecule is O=C(O)Cl.c1cn[nH]n1. The van der Waals surface area contributed by atoms with Gasteiger partial charge in [0.1, 0.15) is 0 Å². The van der Waals surface area contributed by atoms with Crippen LogP contribution in [-0.4, -0.2) is 25.9 Å². The smallest absolute Gasteiger partial charge is 0.401 e. The van der Waals surface area contributed by atoms with Crippen molar-refractivity contribution in [3.8, 4) is 0 Å². The zero-order valence-corrected chi connectivity index (χ0v) is 5.04. The molecule has 5 nitrogen and oxygen atoms in total. The molecule has 0 atom stereocenters. The fraction of sp³-hybridized carbons (Fsp3) is 0. The van der Waals surface area contributed by atoms with Crippen LogP contribution in [0, 0.1) is 0 Å². The maximum Gasteiger partial charge on any atom is 0.401 e. The maximum absolute atomic E-state index is 8.77. The van der Waals surface area contributed by atoms with Crippen molar-refractivity contribution < 1.29 is 9.90 Å². The van der Waals surface area contributed by atoms with Crippen molar-refractivity contribution in [1.29, 1.82) is 0 Å². The van der Waals surface area contributed by atoms with E-state index in [0.717, 1.165) is 0 Å². The fourth-order valence-corrected chi connectivity index (χ4v) is 0.167. The summed E-state index contributed by atoms with van der Waals surface area (Å²) in [5, 5.41) is 16.5. The number of aromatic nitrogens is 3. The van der Waals surface area contributed by atoms with E-state index in [1.165, 1.54) is 0 Å². The van der Waals surface area contributed by atoms with E-state index in [0.29, 0.717) is 0 Å². The lowest BCUT2D eigenvalue weighted by Gasteiger charge is -1.55. The van der Waals surface area contributed by atoms with Gasteiger partial charge in [0.05, 0.1) is 12.4 Å². The fourth-order valence-electron chi connectivity index (χ4n) is 0.167. The van der Waals surface area contributed by atoms with Gasteiger partial charge in [-0.25, -0.2) is 4.79 Å². The number of carboxylic acid groups (broad SMARTS) is 1. The first-order valence-electron chi connectivity index (χ1n) is 1.91.